The van der Waals surface area contributed by atoms with E-state index in [2.05, 4.69) is 39.5 Å². The van der Waals surface area contributed by atoms with Crippen LogP contribution in [-0.4, -0.2) is 38.3 Å². The van der Waals surface area contributed by atoms with Gasteiger partial charge in [-0.15, -0.1) is 0 Å². The molecule has 31 heavy (non-hydrogen) atoms. The maximum Gasteiger partial charge on any atom is 0.0362 e. The van der Waals surface area contributed by atoms with Crippen LogP contribution in [0.1, 0.15) is 88.2 Å². The molecule has 5 heteroatoms. The molecule has 0 spiro atoms. The summed E-state index contributed by atoms with van der Waals surface area (Å²) in [7, 11) is 0. The zero-order valence-electron chi connectivity index (χ0n) is 19.7. The number of anilines is 1. The Bertz CT molecular complexity index is 593. The zero-order valence-corrected chi connectivity index (χ0v) is 19.7. The molecule has 1 aromatic rings. The molecule has 2 fully saturated rings. The average molecular weight is 430 g/mol. The van der Waals surface area contributed by atoms with Crippen LogP contribution >= 0.6 is 0 Å². The molecule has 0 amide bonds. The Balaban J connectivity index is 1.20. The normalized spacial score (nSPS) is 18.5. The van der Waals surface area contributed by atoms with Crippen LogP contribution in [0.3, 0.4) is 0 Å². The zero-order chi connectivity index (χ0) is 21.6. The van der Waals surface area contributed by atoms with Gasteiger partial charge in [-0.25, -0.2) is 0 Å². The van der Waals surface area contributed by atoms with E-state index < -0.39 is 0 Å². The first-order valence-corrected chi connectivity index (χ1v) is 13.1. The standard InChI is InChI=1S/C26H47N5/c27-26-19-22(20-28-15-7-17-30-24-9-3-1-4-10-24)13-14-23(26)21-29-16-8-18-31-25-11-5-2-6-12-25/h13-14,19,24-25,28-31H,1-12,15-18,20-21,27H2. The molecule has 0 unspecified atom stereocenters. The van der Waals surface area contributed by atoms with E-state index in [9.17, 15) is 0 Å². The molecule has 5 nitrogen and oxygen atoms in total. The molecule has 0 aliphatic heterocycles. The predicted octanol–water partition coefficient (Wildman–Crippen LogP) is 4.07. The Hall–Kier alpha value is -1.14. The fraction of sp³-hybridized carbons (Fsp3) is 0.769. The summed E-state index contributed by atoms with van der Waals surface area (Å²) in [5.74, 6) is 0. The summed E-state index contributed by atoms with van der Waals surface area (Å²) in [6.07, 6.45) is 16.3. The summed E-state index contributed by atoms with van der Waals surface area (Å²) >= 11 is 0. The Morgan fingerprint density at radius 1 is 0.677 bits per heavy atom. The molecule has 2 aliphatic carbocycles. The van der Waals surface area contributed by atoms with Gasteiger partial charge in [-0.05, 0) is 81.9 Å². The van der Waals surface area contributed by atoms with Gasteiger partial charge in [0.2, 0.25) is 0 Å². The molecule has 0 heterocycles. The second kappa shape index (κ2) is 14.8. The van der Waals surface area contributed by atoms with Crippen LogP contribution in [0.2, 0.25) is 0 Å². The van der Waals surface area contributed by atoms with E-state index in [0.29, 0.717) is 0 Å². The van der Waals surface area contributed by atoms with Crippen LogP contribution in [0, 0.1) is 0 Å². The molecule has 0 saturated heterocycles. The minimum Gasteiger partial charge on any atom is -0.398 e. The number of nitrogen functional groups attached to an aromatic ring is 1. The number of nitrogens with one attached hydrogen (secondary N) is 4. The largest absolute Gasteiger partial charge is 0.398 e. The number of rotatable bonds is 14. The van der Waals surface area contributed by atoms with Gasteiger partial charge >= 0.3 is 0 Å². The van der Waals surface area contributed by atoms with Gasteiger partial charge < -0.3 is 27.0 Å². The molecule has 176 valence electrons. The van der Waals surface area contributed by atoms with Crippen molar-refractivity contribution in [2.75, 3.05) is 31.9 Å². The average Bonchev–Trinajstić information content (AvgIpc) is 2.81. The van der Waals surface area contributed by atoms with Crippen molar-refractivity contribution in [3.63, 3.8) is 0 Å². The summed E-state index contributed by atoms with van der Waals surface area (Å²) in [6, 6.07) is 8.06. The van der Waals surface area contributed by atoms with E-state index in [1.54, 1.807) is 0 Å². The summed E-state index contributed by atoms with van der Waals surface area (Å²) in [5.41, 5.74) is 9.70. The molecule has 0 bridgehead atoms. The van der Waals surface area contributed by atoms with Crippen molar-refractivity contribution in [3.05, 3.63) is 29.3 Å². The van der Waals surface area contributed by atoms with Crippen LogP contribution < -0.4 is 27.0 Å². The van der Waals surface area contributed by atoms with Gasteiger partial charge in [-0.2, -0.15) is 0 Å². The maximum absolute atomic E-state index is 6.30. The van der Waals surface area contributed by atoms with Crippen molar-refractivity contribution in [2.24, 2.45) is 0 Å². The molecule has 1 aromatic carbocycles. The number of benzene rings is 1. The van der Waals surface area contributed by atoms with E-state index in [1.807, 2.05) is 0 Å². The first-order valence-electron chi connectivity index (χ1n) is 13.1. The molecule has 0 radical (unpaired) electrons. The van der Waals surface area contributed by atoms with Crippen molar-refractivity contribution in [1.82, 2.24) is 21.3 Å². The van der Waals surface area contributed by atoms with Crippen molar-refractivity contribution < 1.29 is 0 Å². The van der Waals surface area contributed by atoms with Gasteiger partial charge in [0.15, 0.2) is 0 Å². The Kier molecular flexibility index (Phi) is 11.7. The first-order chi connectivity index (χ1) is 15.3. The summed E-state index contributed by atoms with van der Waals surface area (Å²) in [4.78, 5) is 0. The van der Waals surface area contributed by atoms with Gasteiger partial charge in [0, 0.05) is 30.9 Å². The Morgan fingerprint density at radius 2 is 1.23 bits per heavy atom. The van der Waals surface area contributed by atoms with E-state index >= 15 is 0 Å². The van der Waals surface area contributed by atoms with Crippen molar-refractivity contribution in [2.45, 2.75) is 102 Å². The third-order valence-electron chi connectivity index (χ3n) is 6.99. The number of hydrogen-bond donors (Lipinski definition) is 5. The van der Waals surface area contributed by atoms with Crippen LogP contribution in [-0.2, 0) is 13.1 Å². The number of hydrogen-bond acceptors (Lipinski definition) is 5. The lowest BCUT2D eigenvalue weighted by atomic mass is 9.95. The molecule has 0 aromatic heterocycles. The predicted molar refractivity (Wildman–Crippen MR) is 133 cm³/mol. The molecule has 6 N–H and O–H groups in total. The SMILES string of the molecule is Nc1cc(CNCCCNC2CCCCC2)ccc1CNCCCNC1CCCCC1. The highest BCUT2D eigenvalue weighted by Crippen LogP contribution is 2.18. The maximum atomic E-state index is 6.30. The van der Waals surface area contributed by atoms with Gasteiger partial charge in [-0.1, -0.05) is 50.7 Å². The van der Waals surface area contributed by atoms with Gasteiger partial charge in [0.25, 0.3) is 0 Å². The lowest BCUT2D eigenvalue weighted by molar-refractivity contribution is 0.371. The summed E-state index contributed by atoms with van der Waals surface area (Å²) < 4.78 is 0. The van der Waals surface area contributed by atoms with E-state index in [-0.39, 0.29) is 0 Å². The van der Waals surface area contributed by atoms with E-state index in [4.69, 9.17) is 5.73 Å². The third kappa shape index (κ3) is 9.90. The van der Waals surface area contributed by atoms with Gasteiger partial charge in [0.1, 0.15) is 0 Å². The van der Waals surface area contributed by atoms with Crippen LogP contribution in [0.15, 0.2) is 18.2 Å². The smallest absolute Gasteiger partial charge is 0.0362 e. The highest BCUT2D eigenvalue weighted by molar-refractivity contribution is 5.49. The topological polar surface area (TPSA) is 74.1 Å². The second-order valence-corrected chi connectivity index (χ2v) is 9.67. The fourth-order valence-electron chi connectivity index (χ4n) is 5.02. The highest BCUT2D eigenvalue weighted by atomic mass is 14.9. The Labute approximate surface area is 190 Å². The van der Waals surface area contributed by atoms with Crippen LogP contribution in [0.25, 0.3) is 0 Å². The van der Waals surface area contributed by atoms with Crippen molar-refractivity contribution >= 4 is 5.69 Å². The molecule has 2 saturated carbocycles. The van der Waals surface area contributed by atoms with Crippen LogP contribution in [0.4, 0.5) is 5.69 Å². The lowest BCUT2D eigenvalue weighted by Crippen LogP contribution is -2.33. The Morgan fingerprint density at radius 3 is 1.77 bits per heavy atom. The first kappa shape index (κ1) is 24.5. The van der Waals surface area contributed by atoms with E-state index in [1.165, 1.54) is 88.2 Å². The number of nitrogens with two attached hydrogens (primary N) is 1. The third-order valence-corrected chi connectivity index (χ3v) is 6.99. The van der Waals surface area contributed by atoms with Crippen molar-refractivity contribution in [3.8, 4) is 0 Å². The molecular formula is C26H47N5. The van der Waals surface area contributed by atoms with E-state index in [0.717, 1.165) is 57.0 Å². The molecular weight excluding hydrogens is 382 g/mol. The summed E-state index contributed by atoms with van der Waals surface area (Å²) in [6.45, 7) is 6.09. The molecule has 3 rings (SSSR count). The second-order valence-electron chi connectivity index (χ2n) is 9.67. The van der Waals surface area contributed by atoms with Gasteiger partial charge in [0.05, 0.1) is 0 Å². The fourth-order valence-corrected chi connectivity index (χ4v) is 5.02. The molecule has 0 atom stereocenters. The monoisotopic (exact) mass is 429 g/mol. The minimum atomic E-state index is 0.763. The minimum absolute atomic E-state index is 0.763. The van der Waals surface area contributed by atoms with Crippen LogP contribution in [0.5, 0.6) is 0 Å². The highest BCUT2D eigenvalue weighted by Gasteiger charge is 2.12. The van der Waals surface area contributed by atoms with Gasteiger partial charge in [-0.3, -0.25) is 0 Å². The molecule has 2 aliphatic rings. The van der Waals surface area contributed by atoms with Crippen molar-refractivity contribution in [1.29, 1.82) is 0 Å². The lowest BCUT2D eigenvalue weighted by Gasteiger charge is -2.22. The summed E-state index contributed by atoms with van der Waals surface area (Å²) in [5, 5.41) is 14.5. The quantitative estimate of drug-likeness (QED) is 0.228.